The maximum atomic E-state index is 11.7. The Kier molecular flexibility index (Phi) is 8.16. The molecular formula is C18H26O5. The van der Waals surface area contributed by atoms with Crippen molar-refractivity contribution in [2.45, 2.75) is 39.5 Å². The van der Waals surface area contributed by atoms with Crippen LogP contribution in [0.25, 0.3) is 0 Å². The molecule has 0 amide bonds. The van der Waals surface area contributed by atoms with Gasteiger partial charge >= 0.3 is 11.9 Å². The fourth-order valence-electron chi connectivity index (χ4n) is 2.27. The molecule has 5 heteroatoms. The first-order chi connectivity index (χ1) is 11.0. The summed E-state index contributed by atoms with van der Waals surface area (Å²) in [5.74, 6) is -0.0983. The zero-order chi connectivity index (χ0) is 17.2. The molecule has 0 aliphatic heterocycles. The Balaban J connectivity index is 2.91. The molecule has 23 heavy (non-hydrogen) atoms. The van der Waals surface area contributed by atoms with Gasteiger partial charge in [0, 0.05) is 0 Å². The molecule has 0 saturated carbocycles. The normalized spacial score (nSPS) is 11.7. The highest BCUT2D eigenvalue weighted by atomic mass is 16.5. The van der Waals surface area contributed by atoms with Crippen LogP contribution in [0.3, 0.4) is 0 Å². The number of carbonyl (C=O) groups is 2. The van der Waals surface area contributed by atoms with E-state index in [1.807, 2.05) is 0 Å². The highest BCUT2D eigenvalue weighted by molar-refractivity contribution is 5.96. The number of esters is 2. The Morgan fingerprint density at radius 1 is 1.00 bits per heavy atom. The largest absolute Gasteiger partial charge is 0.493 e. The van der Waals surface area contributed by atoms with Gasteiger partial charge in [-0.2, -0.15) is 0 Å². The molecule has 1 unspecified atom stereocenters. The molecule has 0 N–H and O–H groups in total. The van der Waals surface area contributed by atoms with Crippen molar-refractivity contribution in [3.8, 4) is 5.75 Å². The molecule has 1 aromatic rings. The van der Waals surface area contributed by atoms with E-state index in [9.17, 15) is 9.59 Å². The van der Waals surface area contributed by atoms with Gasteiger partial charge in [-0.15, -0.1) is 0 Å². The van der Waals surface area contributed by atoms with Gasteiger partial charge in [0.1, 0.15) is 5.75 Å². The monoisotopic (exact) mass is 322 g/mol. The Morgan fingerprint density at radius 3 is 2.00 bits per heavy atom. The van der Waals surface area contributed by atoms with E-state index in [1.165, 1.54) is 20.3 Å². The second kappa shape index (κ2) is 9.87. The second-order valence-electron chi connectivity index (χ2n) is 5.46. The van der Waals surface area contributed by atoms with Crippen molar-refractivity contribution in [3.05, 3.63) is 29.3 Å². The highest BCUT2D eigenvalue weighted by Gasteiger charge is 2.15. The van der Waals surface area contributed by atoms with E-state index in [4.69, 9.17) is 14.2 Å². The van der Waals surface area contributed by atoms with Crippen LogP contribution >= 0.6 is 0 Å². The maximum absolute atomic E-state index is 11.7. The quantitative estimate of drug-likeness (QED) is 0.646. The van der Waals surface area contributed by atoms with E-state index >= 15 is 0 Å². The number of benzene rings is 1. The van der Waals surface area contributed by atoms with E-state index in [0.717, 1.165) is 25.7 Å². The first kappa shape index (κ1) is 19.0. The predicted molar refractivity (Wildman–Crippen MR) is 87.9 cm³/mol. The molecule has 0 radical (unpaired) electrons. The Hall–Kier alpha value is -2.04. The van der Waals surface area contributed by atoms with Crippen molar-refractivity contribution in [1.82, 2.24) is 0 Å². The number of rotatable bonds is 9. The van der Waals surface area contributed by atoms with Gasteiger partial charge in [0.05, 0.1) is 32.0 Å². The molecule has 0 fully saturated rings. The zero-order valence-electron chi connectivity index (χ0n) is 14.4. The topological polar surface area (TPSA) is 61.8 Å². The van der Waals surface area contributed by atoms with E-state index in [0.29, 0.717) is 18.3 Å². The number of carbonyl (C=O) groups excluding carboxylic acids is 2. The summed E-state index contributed by atoms with van der Waals surface area (Å²) < 4.78 is 15.2. The molecule has 0 aromatic heterocycles. The number of ether oxygens (including phenoxy) is 3. The molecule has 0 aliphatic carbocycles. The lowest BCUT2D eigenvalue weighted by Gasteiger charge is -2.16. The fourth-order valence-corrected chi connectivity index (χ4v) is 2.27. The van der Waals surface area contributed by atoms with Crippen LogP contribution in [0.5, 0.6) is 5.75 Å². The van der Waals surface area contributed by atoms with Crippen LogP contribution in [-0.4, -0.2) is 32.8 Å². The summed E-state index contributed by atoms with van der Waals surface area (Å²) in [5.41, 5.74) is 0.541. The van der Waals surface area contributed by atoms with E-state index in [1.54, 1.807) is 12.1 Å². The average Bonchev–Trinajstić information content (AvgIpc) is 2.60. The summed E-state index contributed by atoms with van der Waals surface area (Å²) in [4.78, 5) is 23.5. The van der Waals surface area contributed by atoms with Crippen molar-refractivity contribution >= 4 is 11.9 Å². The third-order valence-corrected chi connectivity index (χ3v) is 3.78. The number of methoxy groups -OCH3 is 2. The first-order valence-electron chi connectivity index (χ1n) is 8.00. The lowest BCUT2D eigenvalue weighted by Crippen LogP contribution is -2.13. The lowest BCUT2D eigenvalue weighted by molar-refractivity contribution is 0.0598. The van der Waals surface area contributed by atoms with Gasteiger partial charge in [0.2, 0.25) is 0 Å². The maximum Gasteiger partial charge on any atom is 0.338 e. The molecular weight excluding hydrogens is 296 g/mol. The minimum Gasteiger partial charge on any atom is -0.493 e. The van der Waals surface area contributed by atoms with Gasteiger partial charge in [0.15, 0.2) is 0 Å². The molecule has 1 aromatic carbocycles. The molecule has 128 valence electrons. The molecule has 0 saturated heterocycles. The van der Waals surface area contributed by atoms with Crippen molar-refractivity contribution in [1.29, 1.82) is 0 Å². The molecule has 5 nitrogen and oxygen atoms in total. The molecule has 0 bridgehead atoms. The smallest absolute Gasteiger partial charge is 0.338 e. The van der Waals surface area contributed by atoms with Crippen LogP contribution in [0.1, 0.15) is 60.2 Å². The highest BCUT2D eigenvalue weighted by Crippen LogP contribution is 2.21. The van der Waals surface area contributed by atoms with Crippen molar-refractivity contribution < 1.29 is 23.8 Å². The third kappa shape index (κ3) is 5.93. The van der Waals surface area contributed by atoms with Crippen LogP contribution in [0.2, 0.25) is 0 Å². The van der Waals surface area contributed by atoms with Gasteiger partial charge in [0.25, 0.3) is 0 Å². The summed E-state index contributed by atoms with van der Waals surface area (Å²) in [6.45, 7) is 4.85. The standard InChI is InChI=1S/C18H26O5/c1-5-7-8-13(6-2)12-23-16-10-14(17(19)21-3)9-15(11-16)18(20)22-4/h9-11,13H,5-8,12H2,1-4H3. The van der Waals surface area contributed by atoms with Crippen molar-refractivity contribution in [3.63, 3.8) is 0 Å². The van der Waals surface area contributed by atoms with Gasteiger partial charge < -0.3 is 14.2 Å². The summed E-state index contributed by atoms with van der Waals surface area (Å²) in [7, 11) is 2.59. The number of hydrogen-bond acceptors (Lipinski definition) is 5. The molecule has 0 aliphatic rings. The molecule has 0 heterocycles. The zero-order valence-corrected chi connectivity index (χ0v) is 14.4. The van der Waals surface area contributed by atoms with Crippen LogP contribution < -0.4 is 4.74 Å². The van der Waals surface area contributed by atoms with Crippen LogP contribution in [0.4, 0.5) is 0 Å². The number of unbranched alkanes of at least 4 members (excludes halogenated alkanes) is 1. The minimum absolute atomic E-state index is 0.270. The van der Waals surface area contributed by atoms with Crippen LogP contribution in [0.15, 0.2) is 18.2 Å². The second-order valence-corrected chi connectivity index (χ2v) is 5.46. The van der Waals surface area contributed by atoms with Crippen LogP contribution in [0, 0.1) is 5.92 Å². The van der Waals surface area contributed by atoms with E-state index < -0.39 is 11.9 Å². The molecule has 1 rings (SSSR count). The van der Waals surface area contributed by atoms with E-state index in [-0.39, 0.29) is 11.1 Å². The Morgan fingerprint density at radius 2 is 1.57 bits per heavy atom. The molecule has 0 spiro atoms. The summed E-state index contributed by atoms with van der Waals surface area (Å²) in [6.07, 6.45) is 4.45. The van der Waals surface area contributed by atoms with Crippen LogP contribution in [-0.2, 0) is 9.47 Å². The average molecular weight is 322 g/mol. The Labute approximate surface area is 137 Å². The van der Waals surface area contributed by atoms with E-state index in [2.05, 4.69) is 13.8 Å². The van der Waals surface area contributed by atoms with Gasteiger partial charge in [-0.3, -0.25) is 0 Å². The van der Waals surface area contributed by atoms with Crippen molar-refractivity contribution in [2.24, 2.45) is 5.92 Å². The van der Waals surface area contributed by atoms with Crippen molar-refractivity contribution in [2.75, 3.05) is 20.8 Å². The third-order valence-electron chi connectivity index (χ3n) is 3.78. The molecule has 1 atom stereocenters. The lowest BCUT2D eigenvalue weighted by atomic mass is 10.0. The van der Waals surface area contributed by atoms with Gasteiger partial charge in [-0.1, -0.05) is 33.1 Å². The number of hydrogen-bond donors (Lipinski definition) is 0. The summed E-state index contributed by atoms with van der Waals surface area (Å²) in [5, 5.41) is 0. The van der Waals surface area contributed by atoms with Gasteiger partial charge in [-0.05, 0) is 30.5 Å². The first-order valence-corrected chi connectivity index (χ1v) is 8.00. The Bertz CT molecular complexity index is 490. The summed E-state index contributed by atoms with van der Waals surface area (Å²) >= 11 is 0. The fraction of sp³-hybridized carbons (Fsp3) is 0.556. The minimum atomic E-state index is -0.515. The SMILES string of the molecule is CCCCC(CC)COc1cc(C(=O)OC)cc(C(=O)OC)c1. The predicted octanol–water partition coefficient (Wildman–Crippen LogP) is 3.86. The van der Waals surface area contributed by atoms with Gasteiger partial charge in [-0.25, -0.2) is 9.59 Å². The summed E-state index contributed by atoms with van der Waals surface area (Å²) in [6, 6.07) is 4.62.